The standard InChI is InChI=1S/C12H19NO8/c1-5(14)11(18)8(4-20-7(3)16)21-10(17)9(13)12(11,19)6(2)15/h8-10,17-19H,4,13H2,1-3H3/t8-,9+,10?,11-,12-/m1/s1. The second-order valence-electron chi connectivity index (χ2n) is 4.99. The maximum atomic E-state index is 11.8. The molecule has 0 spiro atoms. The monoisotopic (exact) mass is 305 g/mol. The van der Waals surface area contributed by atoms with Crippen LogP contribution in [0, 0.1) is 0 Å². The predicted molar refractivity (Wildman–Crippen MR) is 66.7 cm³/mol. The Morgan fingerprint density at radius 3 is 2.00 bits per heavy atom. The molecule has 120 valence electrons. The van der Waals surface area contributed by atoms with Crippen molar-refractivity contribution in [3.05, 3.63) is 0 Å². The van der Waals surface area contributed by atoms with Gasteiger partial charge in [0.25, 0.3) is 0 Å². The van der Waals surface area contributed by atoms with Gasteiger partial charge in [0.15, 0.2) is 29.1 Å². The molecule has 0 amide bonds. The van der Waals surface area contributed by atoms with E-state index in [0.29, 0.717) is 0 Å². The SMILES string of the molecule is CC(=O)OC[C@H]1OC(O)[C@H](N)[C@](O)(C(C)=O)[C@@]1(O)C(C)=O. The van der Waals surface area contributed by atoms with Gasteiger partial charge >= 0.3 is 5.97 Å². The van der Waals surface area contributed by atoms with Crippen LogP contribution in [0.15, 0.2) is 0 Å². The van der Waals surface area contributed by atoms with Crippen LogP contribution in [0.2, 0.25) is 0 Å². The zero-order valence-electron chi connectivity index (χ0n) is 11.9. The fourth-order valence-electron chi connectivity index (χ4n) is 2.41. The lowest BCUT2D eigenvalue weighted by molar-refractivity contribution is -0.303. The van der Waals surface area contributed by atoms with Crippen LogP contribution in [0.1, 0.15) is 20.8 Å². The summed E-state index contributed by atoms with van der Waals surface area (Å²) < 4.78 is 9.57. The summed E-state index contributed by atoms with van der Waals surface area (Å²) in [5, 5.41) is 30.7. The minimum absolute atomic E-state index is 0.648. The molecule has 1 fully saturated rings. The molecule has 1 unspecified atom stereocenters. The Labute approximate surface area is 120 Å². The van der Waals surface area contributed by atoms with Gasteiger partial charge in [0, 0.05) is 6.92 Å². The number of Topliss-reactive ketones (excluding diaryl/α,β-unsaturated/α-hetero) is 2. The van der Waals surface area contributed by atoms with Gasteiger partial charge < -0.3 is 30.5 Å². The zero-order valence-corrected chi connectivity index (χ0v) is 11.9. The van der Waals surface area contributed by atoms with E-state index in [-0.39, 0.29) is 0 Å². The Morgan fingerprint density at radius 1 is 1.14 bits per heavy atom. The lowest BCUT2D eigenvalue weighted by Gasteiger charge is -2.52. The van der Waals surface area contributed by atoms with Gasteiger partial charge in [-0.15, -0.1) is 0 Å². The van der Waals surface area contributed by atoms with E-state index in [1.807, 2.05) is 0 Å². The van der Waals surface area contributed by atoms with Gasteiger partial charge in [-0.05, 0) is 13.8 Å². The van der Waals surface area contributed by atoms with E-state index in [2.05, 4.69) is 4.74 Å². The summed E-state index contributed by atoms with van der Waals surface area (Å²) in [5.74, 6) is -2.78. The number of aliphatic hydroxyl groups excluding tert-OH is 1. The minimum atomic E-state index is -2.78. The van der Waals surface area contributed by atoms with Crippen molar-refractivity contribution in [2.75, 3.05) is 6.61 Å². The molecule has 1 rings (SSSR count). The minimum Gasteiger partial charge on any atom is -0.463 e. The molecule has 0 aliphatic carbocycles. The molecule has 5 atom stereocenters. The Balaban J connectivity index is 3.35. The molecule has 0 radical (unpaired) electrons. The highest BCUT2D eigenvalue weighted by molar-refractivity contribution is 5.98. The number of hydrogen-bond donors (Lipinski definition) is 4. The van der Waals surface area contributed by atoms with Crippen molar-refractivity contribution in [3.8, 4) is 0 Å². The quantitative estimate of drug-likeness (QED) is 0.404. The van der Waals surface area contributed by atoms with E-state index in [1.165, 1.54) is 0 Å². The fraction of sp³-hybridized carbons (Fsp3) is 0.750. The molecule has 1 saturated heterocycles. The van der Waals surface area contributed by atoms with E-state index in [1.54, 1.807) is 0 Å². The first-order valence-electron chi connectivity index (χ1n) is 6.18. The van der Waals surface area contributed by atoms with Gasteiger partial charge in [0.1, 0.15) is 12.7 Å². The molecule has 1 heterocycles. The van der Waals surface area contributed by atoms with Crippen LogP contribution in [-0.4, -0.2) is 69.1 Å². The lowest BCUT2D eigenvalue weighted by atomic mass is 9.67. The van der Waals surface area contributed by atoms with E-state index in [9.17, 15) is 29.7 Å². The second-order valence-corrected chi connectivity index (χ2v) is 4.99. The van der Waals surface area contributed by atoms with Crippen LogP contribution in [0.5, 0.6) is 0 Å². The largest absolute Gasteiger partial charge is 0.463 e. The molecule has 9 heteroatoms. The highest BCUT2D eigenvalue weighted by Crippen LogP contribution is 2.38. The van der Waals surface area contributed by atoms with Crippen molar-refractivity contribution in [2.24, 2.45) is 5.73 Å². The molecular formula is C12H19NO8. The number of esters is 1. The van der Waals surface area contributed by atoms with Crippen LogP contribution in [-0.2, 0) is 23.9 Å². The number of rotatable bonds is 4. The summed E-state index contributed by atoms with van der Waals surface area (Å²) in [7, 11) is 0. The van der Waals surface area contributed by atoms with Crippen LogP contribution in [0.3, 0.4) is 0 Å². The third-order valence-corrected chi connectivity index (χ3v) is 3.65. The zero-order chi connectivity index (χ0) is 16.6. The third kappa shape index (κ3) is 2.58. The number of nitrogens with two attached hydrogens (primary N) is 1. The fourth-order valence-corrected chi connectivity index (χ4v) is 2.41. The van der Waals surface area contributed by atoms with Gasteiger partial charge in [-0.1, -0.05) is 0 Å². The summed E-state index contributed by atoms with van der Waals surface area (Å²) in [6.07, 6.45) is -3.48. The number of aliphatic hydroxyl groups is 3. The van der Waals surface area contributed by atoms with Crippen molar-refractivity contribution >= 4 is 17.5 Å². The third-order valence-electron chi connectivity index (χ3n) is 3.65. The van der Waals surface area contributed by atoms with Gasteiger partial charge in [-0.2, -0.15) is 0 Å². The number of carbonyl (C=O) groups excluding carboxylic acids is 3. The number of ketones is 2. The molecule has 0 aromatic heterocycles. The van der Waals surface area contributed by atoms with Crippen LogP contribution >= 0.6 is 0 Å². The van der Waals surface area contributed by atoms with Crippen molar-refractivity contribution < 1.29 is 39.2 Å². The summed E-state index contributed by atoms with van der Waals surface area (Å²) >= 11 is 0. The van der Waals surface area contributed by atoms with Crippen molar-refractivity contribution in [1.29, 1.82) is 0 Å². The molecule has 0 aromatic carbocycles. The van der Waals surface area contributed by atoms with Crippen molar-refractivity contribution in [2.45, 2.75) is 50.4 Å². The normalized spacial score (nSPS) is 39.7. The van der Waals surface area contributed by atoms with Gasteiger partial charge in [-0.3, -0.25) is 14.4 Å². The van der Waals surface area contributed by atoms with E-state index >= 15 is 0 Å². The van der Waals surface area contributed by atoms with Crippen molar-refractivity contribution in [1.82, 2.24) is 0 Å². The molecule has 0 aromatic rings. The molecular weight excluding hydrogens is 286 g/mol. The average Bonchev–Trinajstić information content (AvgIpc) is 2.38. The summed E-state index contributed by atoms with van der Waals surface area (Å²) in [6, 6.07) is -1.75. The molecule has 21 heavy (non-hydrogen) atoms. The van der Waals surface area contributed by atoms with Gasteiger partial charge in [0.2, 0.25) is 0 Å². The lowest BCUT2D eigenvalue weighted by Crippen LogP contribution is -2.81. The average molecular weight is 305 g/mol. The van der Waals surface area contributed by atoms with E-state index < -0.39 is 53.8 Å². The topological polar surface area (TPSA) is 156 Å². The maximum Gasteiger partial charge on any atom is 0.302 e. The van der Waals surface area contributed by atoms with Crippen LogP contribution < -0.4 is 5.73 Å². The molecule has 9 nitrogen and oxygen atoms in total. The molecule has 0 saturated carbocycles. The van der Waals surface area contributed by atoms with Crippen LogP contribution in [0.25, 0.3) is 0 Å². The second kappa shape index (κ2) is 5.78. The summed E-state index contributed by atoms with van der Waals surface area (Å²) in [4.78, 5) is 34.4. The predicted octanol–water partition coefficient (Wildman–Crippen LogP) is -2.77. The van der Waals surface area contributed by atoms with Crippen molar-refractivity contribution in [3.63, 3.8) is 0 Å². The van der Waals surface area contributed by atoms with E-state index in [4.69, 9.17) is 10.5 Å². The first-order chi connectivity index (χ1) is 9.49. The highest BCUT2D eigenvalue weighted by Gasteiger charge is 2.69. The van der Waals surface area contributed by atoms with Gasteiger partial charge in [0.05, 0.1) is 6.04 Å². The summed E-state index contributed by atoms with van der Waals surface area (Å²) in [5.41, 5.74) is -0.0100. The van der Waals surface area contributed by atoms with E-state index in [0.717, 1.165) is 20.8 Å². The first kappa shape index (κ1) is 17.7. The van der Waals surface area contributed by atoms with Gasteiger partial charge in [-0.25, -0.2) is 0 Å². The maximum absolute atomic E-state index is 11.8. The van der Waals surface area contributed by atoms with Crippen LogP contribution in [0.4, 0.5) is 0 Å². The smallest absolute Gasteiger partial charge is 0.302 e. The Kier molecular flexibility index (Phi) is 4.86. The summed E-state index contributed by atoms with van der Waals surface area (Å²) in [6.45, 7) is 2.26. The molecule has 5 N–H and O–H groups in total. The number of ether oxygens (including phenoxy) is 2. The Bertz CT molecular complexity index is 466. The highest BCUT2D eigenvalue weighted by atomic mass is 16.6. The Morgan fingerprint density at radius 2 is 1.62 bits per heavy atom. The number of hydrogen-bond acceptors (Lipinski definition) is 9. The molecule has 1 aliphatic rings. The Hall–Kier alpha value is -1.39. The number of carbonyl (C=O) groups is 3. The molecule has 0 bridgehead atoms. The molecule has 1 aliphatic heterocycles. The first-order valence-corrected chi connectivity index (χ1v) is 6.18.